The lowest BCUT2D eigenvalue weighted by atomic mass is 9.84. The van der Waals surface area contributed by atoms with Crippen molar-refractivity contribution in [1.29, 1.82) is 0 Å². The molecule has 2 fully saturated rings. The molecule has 1 aromatic rings. The number of hydrogen-bond donors (Lipinski definition) is 12. The number of rotatable bonds is 12. The minimum absolute atomic E-state index is 0.0194. The number of aromatic nitrogens is 2. The fourth-order valence-electron chi connectivity index (χ4n) is 4.92. The monoisotopic (exact) mass is 629 g/mol. The quantitative estimate of drug-likeness (QED) is 0.0580. The molecule has 0 spiro atoms. The van der Waals surface area contributed by atoms with Gasteiger partial charge in [-0.1, -0.05) is 0 Å². The molecular weight excluding hydrogens is 586 g/mol. The number of nitrogens with one attached hydrogen (secondary N) is 2. The van der Waals surface area contributed by atoms with Crippen LogP contribution in [0, 0.1) is 0 Å². The van der Waals surface area contributed by atoms with E-state index in [1.54, 1.807) is 0 Å². The molecule has 1 aromatic heterocycles. The Bertz CT molecular complexity index is 1220. The van der Waals surface area contributed by atoms with Gasteiger partial charge in [0.2, 0.25) is 11.8 Å². The predicted octanol–water partition coefficient (Wildman–Crippen LogP) is -7.58. The van der Waals surface area contributed by atoms with Gasteiger partial charge in [-0.05, 0) is 25.3 Å². The smallest absolute Gasteiger partial charge is 0.349 e. The van der Waals surface area contributed by atoms with Gasteiger partial charge in [0.25, 0.3) is 0 Å². The number of amides is 2. The zero-order valence-electron chi connectivity index (χ0n) is 23.9. The maximum absolute atomic E-state index is 13.2. The van der Waals surface area contributed by atoms with E-state index in [2.05, 4.69) is 20.6 Å². The molecule has 0 aromatic carbocycles. The Labute approximate surface area is 251 Å². The van der Waals surface area contributed by atoms with Gasteiger partial charge >= 0.3 is 5.69 Å². The van der Waals surface area contributed by atoms with E-state index in [0.29, 0.717) is 0 Å². The molecule has 0 unspecified atom stereocenters. The van der Waals surface area contributed by atoms with Crippen LogP contribution in [0.1, 0.15) is 19.3 Å². The average Bonchev–Trinajstić information content (AvgIpc) is 2.96. The van der Waals surface area contributed by atoms with E-state index in [1.165, 1.54) is 12.3 Å². The number of carbonyl (C=O) groups excluding carboxylic acids is 2. The summed E-state index contributed by atoms with van der Waals surface area (Å²) < 4.78 is 12.5. The SMILES string of the molecule is NC(N)=NCCC[C@@H](NC(=O)Cn1ccc(N)nc1=O)C(=O)NC[C@H]1O[C@H](O[C@H]2[C@H](O)[C@@H](O)[C@H](N)C[C@@H]2N)[C@H](N)[C@@H](O)[C@@H]1O. The minimum Gasteiger partial charge on any atom is -0.389 e. The second-order valence-electron chi connectivity index (χ2n) is 10.8. The number of nitrogens with zero attached hydrogens (tertiary/aromatic N) is 3. The summed E-state index contributed by atoms with van der Waals surface area (Å²) in [4.78, 5) is 45.3. The Morgan fingerprint density at radius 3 is 2.48 bits per heavy atom. The lowest BCUT2D eigenvalue weighted by Gasteiger charge is -2.46. The van der Waals surface area contributed by atoms with E-state index in [-0.39, 0.29) is 44.1 Å². The molecular formula is C24H43N11O9. The number of hydrogen-bond acceptors (Lipinski definition) is 15. The summed E-state index contributed by atoms with van der Waals surface area (Å²) in [6.07, 6.45) is -7.98. The van der Waals surface area contributed by atoms with Crippen molar-refractivity contribution < 1.29 is 39.5 Å². The van der Waals surface area contributed by atoms with Gasteiger partial charge in [0.15, 0.2) is 12.2 Å². The number of nitrogens with two attached hydrogens (primary N) is 6. The van der Waals surface area contributed by atoms with Gasteiger partial charge in [-0.25, -0.2) is 4.79 Å². The third-order valence-corrected chi connectivity index (χ3v) is 7.42. The van der Waals surface area contributed by atoms with Crippen LogP contribution < -0.4 is 50.7 Å². The molecule has 1 aliphatic carbocycles. The molecule has 248 valence electrons. The summed E-state index contributed by atoms with van der Waals surface area (Å²) in [5.74, 6) is -1.55. The molecule has 1 saturated heterocycles. The van der Waals surface area contributed by atoms with Crippen molar-refractivity contribution in [3.63, 3.8) is 0 Å². The first-order valence-corrected chi connectivity index (χ1v) is 13.9. The van der Waals surface area contributed by atoms with Gasteiger partial charge in [-0.2, -0.15) is 4.98 Å². The number of aliphatic hydroxyl groups is 4. The molecule has 0 radical (unpaired) electrons. The van der Waals surface area contributed by atoms with Crippen LogP contribution in [0.5, 0.6) is 0 Å². The standard InChI is InChI=1S/C24H43N11O9/c25-9-6-10(26)20(19(40)16(9)37)44-22-15(28)18(39)17(38)12(43-22)7-32-21(41)11(2-1-4-31-23(29)30)33-14(36)8-35-5-3-13(27)34-24(35)42/h3,5,9-12,15-20,22,37-40H,1-2,4,6-8,25-26,28H2,(H,32,41)(H,33,36)(H2,27,34,42)(H4,29,30,31)/t9-,10+,11-,12-,15-,16+,17-,18-,19-,20-,22-/m1/s1. The van der Waals surface area contributed by atoms with Crippen LogP contribution in [0.25, 0.3) is 0 Å². The number of ether oxygens (including phenoxy) is 2. The van der Waals surface area contributed by atoms with Crippen LogP contribution in [0.3, 0.4) is 0 Å². The number of nitrogen functional groups attached to an aromatic ring is 1. The van der Waals surface area contributed by atoms with Crippen molar-refractivity contribution in [3.05, 3.63) is 22.7 Å². The Kier molecular flexibility index (Phi) is 12.3. The fraction of sp³-hybridized carbons (Fsp3) is 0.708. The first kappa shape index (κ1) is 35.0. The van der Waals surface area contributed by atoms with E-state index in [1.807, 2.05) is 0 Å². The maximum Gasteiger partial charge on any atom is 0.349 e. The minimum atomic E-state index is -1.57. The molecule has 11 atom stereocenters. The molecule has 2 aliphatic rings. The molecule has 2 amide bonds. The molecule has 0 bridgehead atoms. The van der Waals surface area contributed by atoms with Crippen molar-refractivity contribution in [2.75, 3.05) is 18.8 Å². The van der Waals surface area contributed by atoms with Crippen LogP contribution in [0.15, 0.2) is 22.1 Å². The lowest BCUT2D eigenvalue weighted by molar-refractivity contribution is -0.288. The zero-order valence-corrected chi connectivity index (χ0v) is 23.9. The fourth-order valence-corrected chi connectivity index (χ4v) is 4.92. The topological polar surface area (TPSA) is 361 Å². The molecule has 1 aliphatic heterocycles. The lowest BCUT2D eigenvalue weighted by Crippen LogP contribution is -2.67. The van der Waals surface area contributed by atoms with Gasteiger partial charge in [0, 0.05) is 31.4 Å². The van der Waals surface area contributed by atoms with Crippen molar-refractivity contribution in [2.24, 2.45) is 33.7 Å². The highest BCUT2D eigenvalue weighted by Crippen LogP contribution is 2.27. The summed E-state index contributed by atoms with van der Waals surface area (Å²) in [6, 6.07) is -2.66. The van der Waals surface area contributed by atoms with Crippen LogP contribution in [-0.4, -0.2) is 128 Å². The number of carbonyl (C=O) groups is 2. The molecule has 18 N–H and O–H groups in total. The highest BCUT2D eigenvalue weighted by atomic mass is 16.7. The largest absolute Gasteiger partial charge is 0.389 e. The number of anilines is 1. The predicted molar refractivity (Wildman–Crippen MR) is 154 cm³/mol. The zero-order chi connectivity index (χ0) is 32.7. The highest BCUT2D eigenvalue weighted by molar-refractivity contribution is 5.87. The molecule has 3 rings (SSSR count). The molecule has 20 heteroatoms. The molecule has 20 nitrogen and oxygen atoms in total. The normalized spacial score (nSPS) is 32.8. The van der Waals surface area contributed by atoms with Gasteiger partial charge in [-0.3, -0.25) is 19.1 Å². The Morgan fingerprint density at radius 1 is 1.11 bits per heavy atom. The molecule has 1 saturated carbocycles. The first-order valence-electron chi connectivity index (χ1n) is 13.9. The number of guanidine groups is 1. The van der Waals surface area contributed by atoms with Gasteiger partial charge in [-0.15, -0.1) is 0 Å². The van der Waals surface area contributed by atoms with Crippen molar-refractivity contribution in [2.45, 2.75) is 92.9 Å². The van der Waals surface area contributed by atoms with Crippen LogP contribution in [-0.2, 0) is 25.6 Å². The van der Waals surface area contributed by atoms with E-state index < -0.39 is 91.1 Å². The van der Waals surface area contributed by atoms with Crippen LogP contribution >= 0.6 is 0 Å². The van der Waals surface area contributed by atoms with Crippen LogP contribution in [0.4, 0.5) is 5.82 Å². The Balaban J connectivity index is 1.66. The summed E-state index contributed by atoms with van der Waals surface area (Å²) in [5.41, 5.74) is 33.2. The summed E-state index contributed by atoms with van der Waals surface area (Å²) in [7, 11) is 0. The third kappa shape index (κ3) is 9.03. The molecule has 2 heterocycles. The van der Waals surface area contributed by atoms with E-state index >= 15 is 0 Å². The second-order valence-corrected chi connectivity index (χ2v) is 10.8. The van der Waals surface area contributed by atoms with Crippen molar-refractivity contribution >= 4 is 23.6 Å². The summed E-state index contributed by atoms with van der Waals surface area (Å²) >= 11 is 0. The third-order valence-electron chi connectivity index (χ3n) is 7.42. The van der Waals surface area contributed by atoms with Gasteiger partial charge in [0.1, 0.15) is 48.9 Å². The van der Waals surface area contributed by atoms with E-state index in [4.69, 9.17) is 43.9 Å². The Morgan fingerprint density at radius 2 is 1.82 bits per heavy atom. The van der Waals surface area contributed by atoms with Crippen LogP contribution in [0.2, 0.25) is 0 Å². The Hall–Kier alpha value is -3.47. The number of aliphatic imine (C=N–C) groups is 1. The summed E-state index contributed by atoms with van der Waals surface area (Å²) in [5, 5.41) is 46.8. The van der Waals surface area contributed by atoms with E-state index in [0.717, 1.165) is 4.57 Å². The highest BCUT2D eigenvalue weighted by Gasteiger charge is 2.48. The first-order chi connectivity index (χ1) is 20.7. The molecule has 44 heavy (non-hydrogen) atoms. The van der Waals surface area contributed by atoms with E-state index in [9.17, 15) is 34.8 Å². The van der Waals surface area contributed by atoms with Gasteiger partial charge in [0.05, 0.1) is 12.1 Å². The average molecular weight is 630 g/mol. The van der Waals surface area contributed by atoms with Crippen molar-refractivity contribution in [1.82, 2.24) is 20.2 Å². The second kappa shape index (κ2) is 15.5. The number of aliphatic hydroxyl groups excluding tert-OH is 4. The summed E-state index contributed by atoms with van der Waals surface area (Å²) in [6.45, 7) is -0.657. The van der Waals surface area contributed by atoms with Crippen molar-refractivity contribution in [3.8, 4) is 0 Å². The maximum atomic E-state index is 13.2. The van der Waals surface area contributed by atoms with Gasteiger partial charge < -0.3 is 74.9 Å².